The van der Waals surface area contributed by atoms with Crippen LogP contribution in [-0.4, -0.2) is 67.0 Å². The molecule has 0 saturated heterocycles. The van der Waals surface area contributed by atoms with Gasteiger partial charge in [0.05, 0.1) is 37.4 Å². The van der Waals surface area contributed by atoms with Gasteiger partial charge in [0.25, 0.3) is 5.91 Å². The first-order valence-electron chi connectivity index (χ1n) is 10.5. The molecule has 2 heterocycles. The molecule has 9 heteroatoms. The predicted octanol–water partition coefficient (Wildman–Crippen LogP) is 4.02. The van der Waals surface area contributed by atoms with E-state index in [9.17, 15) is 4.79 Å². The van der Waals surface area contributed by atoms with Crippen LogP contribution in [0.2, 0.25) is 0 Å². The highest BCUT2D eigenvalue weighted by Crippen LogP contribution is 2.40. The summed E-state index contributed by atoms with van der Waals surface area (Å²) in [6.45, 7) is 3.07. The number of fused-ring (bicyclic) bond motifs is 1. The first kappa shape index (κ1) is 22.8. The van der Waals surface area contributed by atoms with Crippen molar-refractivity contribution in [1.82, 2.24) is 19.7 Å². The molecule has 0 saturated carbocycles. The van der Waals surface area contributed by atoms with Crippen LogP contribution in [-0.2, 0) is 0 Å². The smallest absolute Gasteiger partial charge is 0.263 e. The van der Waals surface area contributed by atoms with Gasteiger partial charge in [-0.3, -0.25) is 9.69 Å². The molecule has 4 aromatic rings. The van der Waals surface area contributed by atoms with Crippen LogP contribution in [0.1, 0.15) is 16.1 Å². The van der Waals surface area contributed by atoms with E-state index in [4.69, 9.17) is 14.5 Å². The molecule has 2 aromatic heterocycles. The zero-order valence-corrected chi connectivity index (χ0v) is 20.2. The zero-order chi connectivity index (χ0) is 23.5. The van der Waals surface area contributed by atoms with E-state index < -0.39 is 0 Å². The molecular weight excluding hydrogens is 438 g/mol. The molecule has 0 spiro atoms. The van der Waals surface area contributed by atoms with Crippen molar-refractivity contribution in [2.45, 2.75) is 6.92 Å². The molecule has 0 atom stereocenters. The van der Waals surface area contributed by atoms with Crippen molar-refractivity contribution in [2.75, 3.05) is 46.3 Å². The van der Waals surface area contributed by atoms with Crippen LogP contribution in [0.3, 0.4) is 0 Å². The third-order valence-corrected chi connectivity index (χ3v) is 6.48. The van der Waals surface area contributed by atoms with Gasteiger partial charge in [-0.15, -0.1) is 0 Å². The molecule has 0 fully saturated rings. The number of hydrogen-bond acceptors (Lipinski definition) is 7. The molecule has 0 aliphatic rings. The molecule has 0 N–H and O–H groups in total. The number of thiazole rings is 1. The topological polar surface area (TPSA) is 72.7 Å². The lowest BCUT2D eigenvalue weighted by atomic mass is 10.2. The van der Waals surface area contributed by atoms with Crippen molar-refractivity contribution in [3.63, 3.8) is 0 Å². The maximum atomic E-state index is 13.8. The fraction of sp³-hybridized carbons (Fsp3) is 0.292. The van der Waals surface area contributed by atoms with Crippen molar-refractivity contribution in [3.05, 3.63) is 59.9 Å². The summed E-state index contributed by atoms with van der Waals surface area (Å²) in [5.41, 5.74) is 2.90. The largest absolute Gasteiger partial charge is 0.495 e. The Labute approximate surface area is 197 Å². The van der Waals surface area contributed by atoms with Gasteiger partial charge >= 0.3 is 0 Å². The van der Waals surface area contributed by atoms with Crippen molar-refractivity contribution in [1.29, 1.82) is 0 Å². The molecule has 8 nitrogen and oxygen atoms in total. The van der Waals surface area contributed by atoms with Gasteiger partial charge in [0.1, 0.15) is 21.7 Å². The fourth-order valence-electron chi connectivity index (χ4n) is 3.57. The number of carbonyl (C=O) groups is 1. The van der Waals surface area contributed by atoms with Crippen molar-refractivity contribution in [2.24, 2.45) is 0 Å². The van der Waals surface area contributed by atoms with Crippen LogP contribution in [0.5, 0.6) is 11.5 Å². The van der Waals surface area contributed by atoms with Crippen LogP contribution in [0.25, 0.3) is 15.9 Å². The first-order chi connectivity index (χ1) is 15.9. The number of rotatable bonds is 8. The van der Waals surface area contributed by atoms with Crippen LogP contribution >= 0.6 is 11.3 Å². The zero-order valence-electron chi connectivity index (χ0n) is 19.4. The molecular formula is C24H27N5O3S. The number of para-hydroxylation sites is 1. The van der Waals surface area contributed by atoms with Gasteiger partial charge < -0.3 is 14.4 Å². The number of nitrogens with zero attached hydrogens (tertiary/aromatic N) is 5. The Morgan fingerprint density at radius 2 is 1.73 bits per heavy atom. The average Bonchev–Trinajstić information content (AvgIpc) is 3.43. The highest BCUT2D eigenvalue weighted by molar-refractivity contribution is 7.22. The third-order valence-electron chi connectivity index (χ3n) is 5.39. The van der Waals surface area contributed by atoms with Crippen LogP contribution in [0.15, 0.2) is 48.7 Å². The molecule has 0 aliphatic heterocycles. The Hall–Kier alpha value is -3.43. The summed E-state index contributed by atoms with van der Waals surface area (Å²) >= 11 is 1.41. The first-order valence-corrected chi connectivity index (χ1v) is 11.3. The molecule has 4 rings (SSSR count). The maximum Gasteiger partial charge on any atom is 0.263 e. The van der Waals surface area contributed by atoms with Gasteiger partial charge in [-0.25, -0.2) is 9.67 Å². The van der Waals surface area contributed by atoms with Gasteiger partial charge in [0.15, 0.2) is 5.13 Å². The van der Waals surface area contributed by atoms with Gasteiger partial charge in [0, 0.05) is 13.1 Å². The van der Waals surface area contributed by atoms with E-state index in [-0.39, 0.29) is 5.91 Å². The maximum absolute atomic E-state index is 13.8. The molecule has 172 valence electrons. The second-order valence-corrected chi connectivity index (χ2v) is 8.77. The Kier molecular flexibility index (Phi) is 6.62. The molecule has 0 unspecified atom stereocenters. The summed E-state index contributed by atoms with van der Waals surface area (Å²) in [5.74, 6) is 1.19. The van der Waals surface area contributed by atoms with E-state index in [1.54, 1.807) is 30.0 Å². The summed E-state index contributed by atoms with van der Waals surface area (Å²) in [4.78, 5) is 22.3. The second kappa shape index (κ2) is 9.60. The highest BCUT2D eigenvalue weighted by Gasteiger charge is 2.26. The molecule has 1 amide bonds. The number of hydrogen-bond donors (Lipinski definition) is 0. The number of ether oxygens (including phenoxy) is 2. The summed E-state index contributed by atoms with van der Waals surface area (Å²) in [7, 11) is 7.19. The average molecular weight is 466 g/mol. The number of methoxy groups -OCH3 is 2. The SMILES string of the molecule is COc1ccc(OC)c2sc(N(CCN(C)C)C(=O)c3cnn(-c4ccccc4)c3C)nc12. The van der Waals surface area contributed by atoms with Gasteiger partial charge in [-0.1, -0.05) is 29.5 Å². The quantitative estimate of drug-likeness (QED) is 0.391. The number of benzene rings is 2. The van der Waals surface area contributed by atoms with Gasteiger partial charge in [0.2, 0.25) is 0 Å². The highest BCUT2D eigenvalue weighted by atomic mass is 32.1. The van der Waals surface area contributed by atoms with E-state index >= 15 is 0 Å². The summed E-state index contributed by atoms with van der Waals surface area (Å²) in [6.07, 6.45) is 1.63. The van der Waals surface area contributed by atoms with Crippen LogP contribution in [0, 0.1) is 6.92 Å². The standard InChI is InChI=1S/C24H27N5O3S/c1-16-18(15-25-29(16)17-9-7-6-8-10-17)23(30)28(14-13-27(2)3)24-26-21-19(31-4)11-12-20(32-5)22(21)33-24/h6-12,15H,13-14H2,1-5H3. The van der Waals surface area contributed by atoms with E-state index in [0.29, 0.717) is 40.8 Å². The lowest BCUT2D eigenvalue weighted by Crippen LogP contribution is -2.37. The number of aromatic nitrogens is 3. The number of likely N-dealkylation sites (N-methyl/N-ethyl adjacent to an activating group) is 1. The fourth-order valence-corrected chi connectivity index (χ4v) is 4.67. The third kappa shape index (κ3) is 4.42. The van der Waals surface area contributed by atoms with Gasteiger partial charge in [-0.2, -0.15) is 5.10 Å². The Bertz CT molecular complexity index is 1230. The van der Waals surface area contributed by atoms with Crippen molar-refractivity contribution < 1.29 is 14.3 Å². The van der Waals surface area contributed by atoms with E-state index in [1.165, 1.54) is 11.3 Å². The molecule has 0 radical (unpaired) electrons. The number of amides is 1. The number of anilines is 1. The lowest BCUT2D eigenvalue weighted by molar-refractivity contribution is 0.0984. The molecule has 2 aromatic carbocycles. The minimum absolute atomic E-state index is 0.145. The lowest BCUT2D eigenvalue weighted by Gasteiger charge is -2.21. The van der Waals surface area contributed by atoms with Crippen molar-refractivity contribution >= 4 is 32.6 Å². The predicted molar refractivity (Wildman–Crippen MR) is 131 cm³/mol. The second-order valence-electron chi connectivity index (χ2n) is 7.80. The number of carbonyl (C=O) groups excluding carboxylic acids is 1. The van der Waals surface area contributed by atoms with Crippen LogP contribution < -0.4 is 14.4 Å². The minimum atomic E-state index is -0.145. The summed E-state index contributed by atoms with van der Waals surface area (Å²) in [5, 5.41) is 5.07. The molecule has 0 bridgehead atoms. The Morgan fingerprint density at radius 1 is 1.03 bits per heavy atom. The Balaban J connectivity index is 1.77. The monoisotopic (exact) mass is 465 g/mol. The molecule has 33 heavy (non-hydrogen) atoms. The minimum Gasteiger partial charge on any atom is -0.495 e. The van der Waals surface area contributed by atoms with E-state index in [1.807, 2.05) is 68.4 Å². The Morgan fingerprint density at radius 3 is 2.39 bits per heavy atom. The van der Waals surface area contributed by atoms with Gasteiger partial charge in [-0.05, 0) is 45.3 Å². The van der Waals surface area contributed by atoms with E-state index in [0.717, 1.165) is 16.1 Å². The van der Waals surface area contributed by atoms with Crippen molar-refractivity contribution in [3.8, 4) is 17.2 Å². The summed E-state index contributed by atoms with van der Waals surface area (Å²) < 4.78 is 13.6. The van der Waals surface area contributed by atoms with E-state index in [2.05, 4.69) is 5.10 Å². The molecule has 0 aliphatic carbocycles. The van der Waals surface area contributed by atoms with Crippen LogP contribution in [0.4, 0.5) is 5.13 Å². The normalized spacial score (nSPS) is 11.2. The summed E-state index contributed by atoms with van der Waals surface area (Å²) in [6, 6.07) is 13.4.